The minimum Gasteiger partial charge on any atom is -0.489 e. The first-order valence-corrected chi connectivity index (χ1v) is 9.65. The van der Waals surface area contributed by atoms with Gasteiger partial charge in [0.1, 0.15) is 11.9 Å². The van der Waals surface area contributed by atoms with Gasteiger partial charge < -0.3 is 19.7 Å². The highest BCUT2D eigenvalue weighted by Crippen LogP contribution is 2.47. The third-order valence-electron chi connectivity index (χ3n) is 5.67. The van der Waals surface area contributed by atoms with Crippen molar-refractivity contribution in [2.75, 3.05) is 26.2 Å². The normalized spacial score (nSPS) is 31.9. The quantitative estimate of drug-likeness (QED) is 0.659. The number of fused-ring (bicyclic) bond motifs is 5. The molecule has 1 N–H and O–H groups in total. The fourth-order valence-corrected chi connectivity index (χ4v) is 4.54. The lowest BCUT2D eigenvalue weighted by atomic mass is 9.82. The lowest BCUT2D eigenvalue weighted by molar-refractivity contribution is 0.0767. The number of rotatable bonds is 5. The Bertz CT molecular complexity index is 588. The van der Waals surface area contributed by atoms with E-state index in [1.807, 2.05) is 30.3 Å². The number of guanidine groups is 1. The maximum atomic E-state index is 6.08. The van der Waals surface area contributed by atoms with Gasteiger partial charge in [-0.25, -0.2) is 4.99 Å². The van der Waals surface area contributed by atoms with Gasteiger partial charge in [0, 0.05) is 31.5 Å². The predicted molar refractivity (Wildman–Crippen MR) is 99.0 cm³/mol. The van der Waals surface area contributed by atoms with Crippen molar-refractivity contribution in [3.05, 3.63) is 30.3 Å². The molecule has 3 fully saturated rings. The van der Waals surface area contributed by atoms with E-state index in [-0.39, 0.29) is 6.10 Å². The number of hydrogen-bond donors (Lipinski definition) is 1. The van der Waals surface area contributed by atoms with E-state index in [1.54, 1.807) is 0 Å². The van der Waals surface area contributed by atoms with Crippen LogP contribution in [0.4, 0.5) is 0 Å². The fraction of sp³-hybridized carbons (Fsp3) is 0.650. The van der Waals surface area contributed by atoms with Crippen molar-refractivity contribution in [3.63, 3.8) is 0 Å². The van der Waals surface area contributed by atoms with Gasteiger partial charge in [-0.05, 0) is 38.8 Å². The molecule has 0 radical (unpaired) electrons. The molecule has 0 saturated carbocycles. The molecule has 5 unspecified atom stereocenters. The van der Waals surface area contributed by atoms with Gasteiger partial charge in [-0.3, -0.25) is 0 Å². The number of aliphatic imine (C=N–C) groups is 1. The summed E-state index contributed by atoms with van der Waals surface area (Å²) >= 11 is 0. The molecule has 5 nitrogen and oxygen atoms in total. The zero-order valence-electron chi connectivity index (χ0n) is 15.2. The first kappa shape index (κ1) is 16.7. The monoisotopic (exact) mass is 343 g/mol. The SMILES string of the molecule is CCNC(=NCC(C)Oc1ccccc1)N1CC2C3CCC(O3)C2C1. The standard InChI is InChI=1S/C20H29N3O2/c1-3-21-20(22-11-14(2)24-15-7-5-4-6-8-15)23-12-16-17(13-23)19-10-9-18(16)25-19/h4-8,14,16-19H,3,9-13H2,1-2H3,(H,21,22). The predicted octanol–water partition coefficient (Wildman–Crippen LogP) is 2.53. The molecule has 136 valence electrons. The Hall–Kier alpha value is -1.75. The minimum absolute atomic E-state index is 0.0534. The smallest absolute Gasteiger partial charge is 0.194 e. The summed E-state index contributed by atoms with van der Waals surface area (Å²) in [5.41, 5.74) is 0. The maximum Gasteiger partial charge on any atom is 0.194 e. The van der Waals surface area contributed by atoms with Gasteiger partial charge in [-0.2, -0.15) is 0 Å². The average molecular weight is 343 g/mol. The molecule has 5 heteroatoms. The van der Waals surface area contributed by atoms with Gasteiger partial charge in [-0.1, -0.05) is 18.2 Å². The van der Waals surface area contributed by atoms with E-state index in [9.17, 15) is 0 Å². The second kappa shape index (κ2) is 7.24. The van der Waals surface area contributed by atoms with E-state index in [4.69, 9.17) is 14.5 Å². The van der Waals surface area contributed by atoms with E-state index < -0.39 is 0 Å². The molecule has 0 aliphatic carbocycles. The van der Waals surface area contributed by atoms with E-state index in [1.165, 1.54) is 12.8 Å². The molecule has 1 aromatic carbocycles. The lowest BCUT2D eigenvalue weighted by Gasteiger charge is -2.24. The summed E-state index contributed by atoms with van der Waals surface area (Å²) < 4.78 is 12.0. The van der Waals surface area contributed by atoms with Gasteiger partial charge in [-0.15, -0.1) is 0 Å². The van der Waals surface area contributed by atoms with Crippen LogP contribution in [0.3, 0.4) is 0 Å². The average Bonchev–Trinajstić information content (AvgIpc) is 3.32. The van der Waals surface area contributed by atoms with Crippen LogP contribution in [0.2, 0.25) is 0 Å². The maximum absolute atomic E-state index is 6.08. The van der Waals surface area contributed by atoms with Crippen LogP contribution in [0, 0.1) is 11.8 Å². The number of likely N-dealkylation sites (tertiary alicyclic amines) is 1. The molecule has 0 aromatic heterocycles. The van der Waals surface area contributed by atoms with Crippen LogP contribution in [0.5, 0.6) is 5.75 Å². The van der Waals surface area contributed by atoms with Crippen LogP contribution < -0.4 is 10.1 Å². The number of hydrogen-bond acceptors (Lipinski definition) is 3. The zero-order valence-corrected chi connectivity index (χ0v) is 15.2. The van der Waals surface area contributed by atoms with Crippen LogP contribution in [0.1, 0.15) is 26.7 Å². The Morgan fingerprint density at radius 1 is 1.24 bits per heavy atom. The van der Waals surface area contributed by atoms with Crippen LogP contribution in [0.25, 0.3) is 0 Å². The first-order valence-electron chi connectivity index (χ1n) is 9.65. The van der Waals surface area contributed by atoms with Crippen LogP contribution in [-0.2, 0) is 4.74 Å². The molecule has 2 bridgehead atoms. The summed E-state index contributed by atoms with van der Waals surface area (Å²) in [5, 5.41) is 3.46. The molecule has 1 aromatic rings. The van der Waals surface area contributed by atoms with Gasteiger partial charge >= 0.3 is 0 Å². The largest absolute Gasteiger partial charge is 0.489 e. The topological polar surface area (TPSA) is 46.1 Å². The van der Waals surface area contributed by atoms with Crippen molar-refractivity contribution >= 4 is 5.96 Å². The summed E-state index contributed by atoms with van der Waals surface area (Å²) in [6.45, 7) is 7.90. The Balaban J connectivity index is 1.37. The Morgan fingerprint density at radius 3 is 2.56 bits per heavy atom. The van der Waals surface area contributed by atoms with Gasteiger partial charge in [0.15, 0.2) is 5.96 Å². The highest BCUT2D eigenvalue weighted by molar-refractivity contribution is 5.80. The van der Waals surface area contributed by atoms with Crippen molar-refractivity contribution in [1.29, 1.82) is 0 Å². The molecular formula is C20H29N3O2. The van der Waals surface area contributed by atoms with Crippen molar-refractivity contribution in [2.24, 2.45) is 16.8 Å². The summed E-state index contributed by atoms with van der Waals surface area (Å²) in [4.78, 5) is 7.29. The number of ether oxygens (including phenoxy) is 2. The van der Waals surface area contributed by atoms with Crippen LogP contribution in [0.15, 0.2) is 35.3 Å². The van der Waals surface area contributed by atoms with Gasteiger partial charge in [0.25, 0.3) is 0 Å². The first-order chi connectivity index (χ1) is 12.2. The molecule has 4 rings (SSSR count). The number of benzene rings is 1. The van der Waals surface area contributed by atoms with Crippen LogP contribution in [-0.4, -0.2) is 55.4 Å². The lowest BCUT2D eigenvalue weighted by Crippen LogP contribution is -2.42. The number of nitrogens with zero attached hydrogens (tertiary/aromatic N) is 2. The van der Waals surface area contributed by atoms with Crippen LogP contribution >= 0.6 is 0 Å². The summed E-state index contributed by atoms with van der Waals surface area (Å²) in [5.74, 6) is 3.32. The Morgan fingerprint density at radius 2 is 1.92 bits per heavy atom. The molecule has 0 spiro atoms. The minimum atomic E-state index is 0.0534. The zero-order chi connectivity index (χ0) is 17.2. The second-order valence-electron chi connectivity index (χ2n) is 7.46. The van der Waals surface area contributed by atoms with Gasteiger partial charge in [0.2, 0.25) is 0 Å². The summed E-state index contributed by atoms with van der Waals surface area (Å²) in [6, 6.07) is 9.97. The molecular weight excluding hydrogens is 314 g/mol. The molecule has 0 amide bonds. The van der Waals surface area contributed by atoms with Crippen molar-refractivity contribution < 1.29 is 9.47 Å². The third-order valence-corrected chi connectivity index (χ3v) is 5.67. The second-order valence-corrected chi connectivity index (χ2v) is 7.46. The third kappa shape index (κ3) is 3.47. The highest BCUT2D eigenvalue weighted by Gasteiger charge is 2.53. The Kier molecular flexibility index (Phi) is 4.84. The molecule has 3 aliphatic heterocycles. The summed E-state index contributed by atoms with van der Waals surface area (Å²) in [7, 11) is 0. The summed E-state index contributed by atoms with van der Waals surface area (Å²) in [6.07, 6.45) is 3.52. The molecule has 3 saturated heterocycles. The van der Waals surface area contributed by atoms with E-state index in [2.05, 4.69) is 24.1 Å². The van der Waals surface area contributed by atoms with E-state index in [0.29, 0.717) is 30.6 Å². The fourth-order valence-electron chi connectivity index (χ4n) is 4.54. The molecule has 5 atom stereocenters. The molecule has 25 heavy (non-hydrogen) atoms. The number of para-hydroxylation sites is 1. The molecule has 3 heterocycles. The number of nitrogens with one attached hydrogen (secondary N) is 1. The Labute approximate surface area is 150 Å². The van der Waals surface area contributed by atoms with Crippen molar-refractivity contribution in [1.82, 2.24) is 10.2 Å². The van der Waals surface area contributed by atoms with Gasteiger partial charge in [0.05, 0.1) is 18.8 Å². The van der Waals surface area contributed by atoms with E-state index in [0.717, 1.165) is 31.3 Å². The van der Waals surface area contributed by atoms with E-state index >= 15 is 0 Å². The highest BCUT2D eigenvalue weighted by atomic mass is 16.5. The molecule has 3 aliphatic rings. The van der Waals surface area contributed by atoms with Crippen molar-refractivity contribution in [2.45, 2.75) is 45.0 Å². The van der Waals surface area contributed by atoms with Crippen molar-refractivity contribution in [3.8, 4) is 5.75 Å².